The molecular formula is C22H29N3O2. The monoisotopic (exact) mass is 367 g/mol. The van der Waals surface area contributed by atoms with Crippen LogP contribution in [0, 0.1) is 0 Å². The second-order valence-corrected chi connectivity index (χ2v) is 6.65. The molecule has 0 aromatic heterocycles. The number of benzene rings is 2. The average Bonchev–Trinajstić information content (AvgIpc) is 2.67. The van der Waals surface area contributed by atoms with Gasteiger partial charge in [0.1, 0.15) is 0 Å². The fraction of sp³-hybridized carbons (Fsp3) is 0.364. The Morgan fingerprint density at radius 1 is 0.963 bits per heavy atom. The van der Waals surface area contributed by atoms with E-state index in [0.29, 0.717) is 29.9 Å². The SMILES string of the molecule is CCCc1ccc(C(=O)NCCCCCC(=O)Nc2ccccc2N)cc1. The van der Waals surface area contributed by atoms with Crippen LogP contribution in [0.3, 0.4) is 0 Å². The standard InChI is InChI=1S/C22H29N3O2/c1-2-8-17-12-14-18(15-13-17)22(27)24-16-7-3-4-11-21(26)25-20-10-6-5-9-19(20)23/h5-6,9-10,12-15H,2-4,7-8,11,16,23H2,1H3,(H,24,27)(H,25,26). The molecule has 0 spiro atoms. The van der Waals surface area contributed by atoms with Gasteiger partial charge in [0.15, 0.2) is 0 Å². The Bertz CT molecular complexity index is 741. The summed E-state index contributed by atoms with van der Waals surface area (Å²) in [6.45, 7) is 2.75. The van der Waals surface area contributed by atoms with Crippen molar-refractivity contribution in [2.45, 2.75) is 45.4 Å². The molecule has 0 bridgehead atoms. The largest absolute Gasteiger partial charge is 0.397 e. The summed E-state index contributed by atoms with van der Waals surface area (Å²) in [5.74, 6) is -0.0838. The van der Waals surface area contributed by atoms with E-state index in [1.165, 1.54) is 5.56 Å². The topological polar surface area (TPSA) is 84.2 Å². The van der Waals surface area contributed by atoms with Crippen LogP contribution >= 0.6 is 0 Å². The number of anilines is 2. The van der Waals surface area contributed by atoms with Crippen molar-refractivity contribution >= 4 is 23.2 Å². The quantitative estimate of drug-likeness (QED) is 0.436. The Morgan fingerprint density at radius 2 is 1.70 bits per heavy atom. The Morgan fingerprint density at radius 3 is 2.41 bits per heavy atom. The fourth-order valence-electron chi connectivity index (χ4n) is 2.83. The minimum Gasteiger partial charge on any atom is -0.397 e. The molecule has 2 aromatic carbocycles. The van der Waals surface area contributed by atoms with Crippen LogP contribution in [-0.4, -0.2) is 18.4 Å². The van der Waals surface area contributed by atoms with Crippen molar-refractivity contribution in [1.29, 1.82) is 0 Å². The zero-order valence-corrected chi connectivity index (χ0v) is 16.0. The number of hydrogen-bond donors (Lipinski definition) is 3. The Kier molecular flexibility index (Phi) is 8.36. The number of carbonyl (C=O) groups excluding carboxylic acids is 2. The molecule has 0 aliphatic carbocycles. The number of carbonyl (C=O) groups is 2. The first-order chi connectivity index (χ1) is 13.1. The summed E-state index contributed by atoms with van der Waals surface area (Å²) in [5.41, 5.74) is 8.97. The zero-order chi connectivity index (χ0) is 19.5. The molecule has 4 N–H and O–H groups in total. The molecule has 0 heterocycles. The van der Waals surface area contributed by atoms with Gasteiger partial charge in [-0.25, -0.2) is 0 Å². The van der Waals surface area contributed by atoms with Gasteiger partial charge in [-0.3, -0.25) is 9.59 Å². The predicted molar refractivity (Wildman–Crippen MR) is 111 cm³/mol. The lowest BCUT2D eigenvalue weighted by Crippen LogP contribution is -2.24. The van der Waals surface area contributed by atoms with Gasteiger partial charge in [-0.05, 0) is 49.1 Å². The smallest absolute Gasteiger partial charge is 0.251 e. The molecular weight excluding hydrogens is 338 g/mol. The normalized spacial score (nSPS) is 10.4. The van der Waals surface area contributed by atoms with E-state index in [0.717, 1.165) is 32.1 Å². The van der Waals surface area contributed by atoms with Crippen LogP contribution in [0.15, 0.2) is 48.5 Å². The van der Waals surface area contributed by atoms with Gasteiger partial charge >= 0.3 is 0 Å². The summed E-state index contributed by atoms with van der Waals surface area (Å²) >= 11 is 0. The third-order valence-corrected chi connectivity index (χ3v) is 4.36. The zero-order valence-electron chi connectivity index (χ0n) is 16.0. The summed E-state index contributed by atoms with van der Waals surface area (Å²) in [7, 11) is 0. The number of amides is 2. The van der Waals surface area contributed by atoms with Gasteiger partial charge < -0.3 is 16.4 Å². The van der Waals surface area contributed by atoms with Gasteiger partial charge in [0.2, 0.25) is 5.91 Å². The van der Waals surface area contributed by atoms with E-state index in [1.807, 2.05) is 36.4 Å². The van der Waals surface area contributed by atoms with Crippen molar-refractivity contribution in [3.8, 4) is 0 Å². The number of nitrogens with one attached hydrogen (secondary N) is 2. The molecule has 144 valence electrons. The van der Waals surface area contributed by atoms with E-state index in [1.54, 1.807) is 12.1 Å². The number of hydrogen-bond acceptors (Lipinski definition) is 3. The fourth-order valence-corrected chi connectivity index (χ4v) is 2.83. The second kappa shape index (κ2) is 11.0. The van der Waals surface area contributed by atoms with Gasteiger partial charge in [0.05, 0.1) is 11.4 Å². The van der Waals surface area contributed by atoms with Crippen LogP contribution in [0.5, 0.6) is 0 Å². The van der Waals surface area contributed by atoms with Crippen molar-refractivity contribution in [2.24, 2.45) is 0 Å². The highest BCUT2D eigenvalue weighted by Crippen LogP contribution is 2.17. The minimum atomic E-state index is -0.0460. The molecule has 27 heavy (non-hydrogen) atoms. The highest BCUT2D eigenvalue weighted by molar-refractivity contribution is 5.94. The Hall–Kier alpha value is -2.82. The van der Waals surface area contributed by atoms with E-state index in [-0.39, 0.29) is 11.8 Å². The Balaban J connectivity index is 1.59. The van der Waals surface area contributed by atoms with Gasteiger partial charge in [-0.15, -0.1) is 0 Å². The van der Waals surface area contributed by atoms with Crippen molar-refractivity contribution in [3.05, 3.63) is 59.7 Å². The third-order valence-electron chi connectivity index (χ3n) is 4.36. The molecule has 0 atom stereocenters. The van der Waals surface area contributed by atoms with Crippen molar-refractivity contribution in [1.82, 2.24) is 5.32 Å². The van der Waals surface area contributed by atoms with Gasteiger partial charge in [0, 0.05) is 18.5 Å². The molecule has 0 aliphatic rings. The lowest BCUT2D eigenvalue weighted by atomic mass is 10.1. The number of para-hydroxylation sites is 2. The first-order valence-electron chi connectivity index (χ1n) is 9.61. The van der Waals surface area contributed by atoms with E-state index in [2.05, 4.69) is 17.6 Å². The summed E-state index contributed by atoms with van der Waals surface area (Å²) in [6.07, 6.45) is 5.09. The van der Waals surface area contributed by atoms with Crippen LogP contribution in [-0.2, 0) is 11.2 Å². The van der Waals surface area contributed by atoms with Crippen LogP contribution < -0.4 is 16.4 Å². The minimum absolute atomic E-state index is 0.0379. The van der Waals surface area contributed by atoms with E-state index < -0.39 is 0 Å². The van der Waals surface area contributed by atoms with Crippen LogP contribution in [0.1, 0.15) is 54.9 Å². The van der Waals surface area contributed by atoms with Crippen molar-refractivity contribution in [3.63, 3.8) is 0 Å². The third kappa shape index (κ3) is 7.13. The maximum Gasteiger partial charge on any atom is 0.251 e. The first-order valence-corrected chi connectivity index (χ1v) is 9.61. The molecule has 0 aliphatic heterocycles. The molecule has 0 unspecified atom stereocenters. The predicted octanol–water partition coefficient (Wildman–Crippen LogP) is 4.15. The van der Waals surface area contributed by atoms with Crippen molar-refractivity contribution < 1.29 is 9.59 Å². The Labute approximate surface area is 161 Å². The highest BCUT2D eigenvalue weighted by atomic mass is 16.2. The van der Waals surface area contributed by atoms with Gasteiger partial charge in [-0.1, -0.05) is 44.0 Å². The maximum absolute atomic E-state index is 12.1. The summed E-state index contributed by atoms with van der Waals surface area (Å²) in [6, 6.07) is 15.0. The molecule has 2 amide bonds. The number of nitrogens with two attached hydrogens (primary N) is 1. The van der Waals surface area contributed by atoms with Crippen LogP contribution in [0.25, 0.3) is 0 Å². The molecule has 0 fully saturated rings. The lowest BCUT2D eigenvalue weighted by molar-refractivity contribution is -0.116. The first kappa shape index (κ1) is 20.5. The number of rotatable bonds is 10. The van der Waals surface area contributed by atoms with Crippen molar-refractivity contribution in [2.75, 3.05) is 17.6 Å². The number of nitrogen functional groups attached to an aromatic ring is 1. The lowest BCUT2D eigenvalue weighted by Gasteiger charge is -2.08. The van der Waals surface area contributed by atoms with Crippen LogP contribution in [0.4, 0.5) is 11.4 Å². The maximum atomic E-state index is 12.1. The number of aryl methyl sites for hydroxylation is 1. The van der Waals surface area contributed by atoms with Crippen LogP contribution in [0.2, 0.25) is 0 Å². The summed E-state index contributed by atoms with van der Waals surface area (Å²) in [4.78, 5) is 24.0. The molecule has 0 saturated carbocycles. The molecule has 0 saturated heterocycles. The molecule has 5 nitrogen and oxygen atoms in total. The second-order valence-electron chi connectivity index (χ2n) is 6.65. The molecule has 2 aromatic rings. The average molecular weight is 367 g/mol. The molecule has 2 rings (SSSR count). The van der Waals surface area contributed by atoms with Gasteiger partial charge in [-0.2, -0.15) is 0 Å². The van der Waals surface area contributed by atoms with E-state index >= 15 is 0 Å². The number of unbranched alkanes of at least 4 members (excludes halogenated alkanes) is 2. The molecule has 5 heteroatoms. The van der Waals surface area contributed by atoms with E-state index in [9.17, 15) is 9.59 Å². The van der Waals surface area contributed by atoms with Gasteiger partial charge in [0.25, 0.3) is 5.91 Å². The summed E-state index contributed by atoms with van der Waals surface area (Å²) < 4.78 is 0. The summed E-state index contributed by atoms with van der Waals surface area (Å²) in [5, 5.41) is 5.75. The van der Waals surface area contributed by atoms with E-state index in [4.69, 9.17) is 5.73 Å². The molecule has 0 radical (unpaired) electrons. The highest BCUT2D eigenvalue weighted by Gasteiger charge is 2.06.